The highest BCUT2D eigenvalue weighted by molar-refractivity contribution is 5.81. The molecule has 1 amide bonds. The molecule has 0 saturated heterocycles. The van der Waals surface area contributed by atoms with Crippen molar-refractivity contribution in [1.29, 1.82) is 0 Å². The summed E-state index contributed by atoms with van der Waals surface area (Å²) in [6, 6.07) is 6.16. The minimum Gasteiger partial charge on any atom is -0.480 e. The SMILES string of the molecule is CC[C@H](Oc1ccc(C)cc1C)C(=O)N[C@@H](C)C(C)C. The van der Waals surface area contributed by atoms with Gasteiger partial charge in [0, 0.05) is 6.04 Å². The number of hydrogen-bond acceptors (Lipinski definition) is 2. The topological polar surface area (TPSA) is 38.3 Å². The molecule has 112 valence electrons. The predicted molar refractivity (Wildman–Crippen MR) is 83.1 cm³/mol. The van der Waals surface area contributed by atoms with Gasteiger partial charge >= 0.3 is 0 Å². The smallest absolute Gasteiger partial charge is 0.261 e. The first-order chi connectivity index (χ1) is 9.35. The molecule has 0 fully saturated rings. The van der Waals surface area contributed by atoms with Gasteiger partial charge in [-0.05, 0) is 44.7 Å². The number of carbonyl (C=O) groups is 1. The molecule has 0 spiro atoms. The lowest BCUT2D eigenvalue weighted by Gasteiger charge is -2.23. The minimum atomic E-state index is -0.433. The van der Waals surface area contributed by atoms with Gasteiger partial charge in [0.25, 0.3) is 5.91 Å². The van der Waals surface area contributed by atoms with Crippen molar-refractivity contribution in [2.75, 3.05) is 0 Å². The molecular weight excluding hydrogens is 250 g/mol. The van der Waals surface area contributed by atoms with Crippen LogP contribution in [-0.2, 0) is 4.79 Å². The summed E-state index contributed by atoms with van der Waals surface area (Å²) in [4.78, 5) is 12.2. The van der Waals surface area contributed by atoms with Crippen molar-refractivity contribution in [2.45, 2.75) is 60.1 Å². The van der Waals surface area contributed by atoms with Crippen LogP contribution in [0.2, 0.25) is 0 Å². The van der Waals surface area contributed by atoms with Crippen molar-refractivity contribution in [3.63, 3.8) is 0 Å². The predicted octanol–water partition coefficient (Wildman–Crippen LogP) is 3.62. The molecule has 0 aliphatic heterocycles. The largest absolute Gasteiger partial charge is 0.480 e. The monoisotopic (exact) mass is 277 g/mol. The summed E-state index contributed by atoms with van der Waals surface area (Å²) in [5.41, 5.74) is 2.26. The van der Waals surface area contributed by atoms with Gasteiger partial charge in [0.15, 0.2) is 6.10 Å². The van der Waals surface area contributed by atoms with E-state index in [1.165, 1.54) is 5.56 Å². The average molecular weight is 277 g/mol. The number of ether oxygens (including phenoxy) is 1. The summed E-state index contributed by atoms with van der Waals surface area (Å²) in [5.74, 6) is 1.17. The molecular formula is C17H27NO2. The molecule has 0 aliphatic carbocycles. The zero-order valence-corrected chi connectivity index (χ0v) is 13.5. The molecule has 1 N–H and O–H groups in total. The normalized spacial score (nSPS) is 13.9. The molecule has 0 bridgehead atoms. The molecule has 0 radical (unpaired) electrons. The summed E-state index contributed by atoms with van der Waals surface area (Å²) < 4.78 is 5.88. The number of amides is 1. The Kier molecular flexibility index (Phi) is 6.05. The maximum atomic E-state index is 12.2. The molecule has 0 heterocycles. The van der Waals surface area contributed by atoms with Crippen molar-refractivity contribution in [3.05, 3.63) is 29.3 Å². The third-order valence-electron chi connectivity index (χ3n) is 3.63. The van der Waals surface area contributed by atoms with Crippen molar-refractivity contribution in [2.24, 2.45) is 5.92 Å². The highest BCUT2D eigenvalue weighted by Crippen LogP contribution is 2.21. The Morgan fingerprint density at radius 1 is 1.25 bits per heavy atom. The molecule has 20 heavy (non-hydrogen) atoms. The van der Waals surface area contributed by atoms with Crippen LogP contribution in [0.15, 0.2) is 18.2 Å². The van der Waals surface area contributed by atoms with Gasteiger partial charge in [0.2, 0.25) is 0 Å². The second-order valence-corrected chi connectivity index (χ2v) is 5.82. The van der Waals surface area contributed by atoms with Gasteiger partial charge in [-0.3, -0.25) is 4.79 Å². The summed E-state index contributed by atoms with van der Waals surface area (Å²) in [7, 11) is 0. The first-order valence-corrected chi connectivity index (χ1v) is 7.39. The third kappa shape index (κ3) is 4.55. The van der Waals surface area contributed by atoms with E-state index in [9.17, 15) is 4.79 Å². The zero-order valence-electron chi connectivity index (χ0n) is 13.5. The zero-order chi connectivity index (χ0) is 15.3. The molecule has 2 atom stereocenters. The minimum absolute atomic E-state index is 0.0336. The van der Waals surface area contributed by atoms with Gasteiger partial charge in [-0.15, -0.1) is 0 Å². The molecule has 0 unspecified atom stereocenters. The molecule has 0 aromatic heterocycles. The van der Waals surface area contributed by atoms with E-state index in [0.717, 1.165) is 11.3 Å². The van der Waals surface area contributed by atoms with Gasteiger partial charge in [-0.2, -0.15) is 0 Å². The van der Waals surface area contributed by atoms with Crippen molar-refractivity contribution < 1.29 is 9.53 Å². The second-order valence-electron chi connectivity index (χ2n) is 5.82. The lowest BCUT2D eigenvalue weighted by atomic mass is 10.1. The quantitative estimate of drug-likeness (QED) is 0.862. The number of benzene rings is 1. The standard InChI is InChI=1S/C17H27NO2/c1-7-15(17(19)18-14(6)11(2)3)20-16-9-8-12(4)10-13(16)5/h8-11,14-15H,7H2,1-6H3,(H,18,19)/t14-,15-/m0/s1. The first-order valence-electron chi connectivity index (χ1n) is 7.39. The van der Waals surface area contributed by atoms with E-state index in [1.807, 2.05) is 39.8 Å². The van der Waals surface area contributed by atoms with Crippen LogP contribution in [0.25, 0.3) is 0 Å². The van der Waals surface area contributed by atoms with Crippen LogP contribution in [-0.4, -0.2) is 18.1 Å². The van der Waals surface area contributed by atoms with Gasteiger partial charge in [-0.1, -0.05) is 38.5 Å². The maximum absolute atomic E-state index is 12.2. The van der Waals surface area contributed by atoms with Gasteiger partial charge in [0.1, 0.15) is 5.75 Å². The lowest BCUT2D eigenvalue weighted by Crippen LogP contribution is -2.44. The maximum Gasteiger partial charge on any atom is 0.261 e. The number of hydrogen-bond donors (Lipinski definition) is 1. The summed E-state index contributed by atoms with van der Waals surface area (Å²) in [6.07, 6.45) is 0.224. The van der Waals surface area contributed by atoms with Crippen LogP contribution in [0, 0.1) is 19.8 Å². The van der Waals surface area contributed by atoms with Crippen molar-refractivity contribution in [3.8, 4) is 5.75 Å². The fourth-order valence-corrected chi connectivity index (χ4v) is 1.89. The van der Waals surface area contributed by atoms with Crippen LogP contribution >= 0.6 is 0 Å². The number of carbonyl (C=O) groups excluding carboxylic acids is 1. The molecule has 3 nitrogen and oxygen atoms in total. The molecule has 1 aromatic rings. The second kappa shape index (κ2) is 7.32. The van der Waals surface area contributed by atoms with Gasteiger partial charge < -0.3 is 10.1 Å². The Bertz CT molecular complexity index is 454. The fourth-order valence-electron chi connectivity index (χ4n) is 1.89. The van der Waals surface area contributed by atoms with Crippen LogP contribution < -0.4 is 10.1 Å². The van der Waals surface area contributed by atoms with E-state index < -0.39 is 6.10 Å². The van der Waals surface area contributed by atoms with Gasteiger partial charge in [0.05, 0.1) is 0 Å². The van der Waals surface area contributed by atoms with E-state index in [2.05, 4.69) is 25.2 Å². The van der Waals surface area contributed by atoms with Crippen LogP contribution in [0.3, 0.4) is 0 Å². The van der Waals surface area contributed by atoms with Crippen molar-refractivity contribution in [1.82, 2.24) is 5.32 Å². The van der Waals surface area contributed by atoms with Crippen molar-refractivity contribution >= 4 is 5.91 Å². The lowest BCUT2D eigenvalue weighted by molar-refractivity contribution is -0.129. The van der Waals surface area contributed by atoms with E-state index in [1.54, 1.807) is 0 Å². The van der Waals surface area contributed by atoms with Crippen LogP contribution in [0.1, 0.15) is 45.2 Å². The molecule has 0 saturated carbocycles. The Morgan fingerprint density at radius 3 is 2.40 bits per heavy atom. The van der Waals surface area contributed by atoms with Gasteiger partial charge in [-0.25, -0.2) is 0 Å². The molecule has 0 aliphatic rings. The molecule has 1 rings (SSSR count). The molecule has 1 aromatic carbocycles. The number of rotatable bonds is 6. The number of aryl methyl sites for hydroxylation is 2. The summed E-state index contributed by atoms with van der Waals surface area (Å²) in [5, 5.41) is 3.02. The Balaban J connectivity index is 2.73. The highest BCUT2D eigenvalue weighted by Gasteiger charge is 2.21. The summed E-state index contributed by atoms with van der Waals surface area (Å²) in [6.45, 7) is 12.2. The Morgan fingerprint density at radius 2 is 1.90 bits per heavy atom. The first kappa shape index (κ1) is 16.5. The van der Waals surface area contributed by atoms with Crippen LogP contribution in [0.5, 0.6) is 5.75 Å². The Labute approximate surface area is 122 Å². The van der Waals surface area contributed by atoms with E-state index >= 15 is 0 Å². The number of nitrogens with one attached hydrogen (secondary N) is 1. The fraction of sp³-hybridized carbons (Fsp3) is 0.588. The van der Waals surface area contributed by atoms with E-state index in [-0.39, 0.29) is 11.9 Å². The highest BCUT2D eigenvalue weighted by atomic mass is 16.5. The Hall–Kier alpha value is -1.51. The third-order valence-corrected chi connectivity index (χ3v) is 3.63. The van der Waals surface area contributed by atoms with E-state index in [4.69, 9.17) is 4.74 Å². The summed E-state index contributed by atoms with van der Waals surface area (Å²) >= 11 is 0. The van der Waals surface area contributed by atoms with Crippen LogP contribution in [0.4, 0.5) is 0 Å². The van der Waals surface area contributed by atoms with E-state index in [0.29, 0.717) is 12.3 Å². The average Bonchev–Trinajstić information content (AvgIpc) is 2.37. The molecule has 3 heteroatoms.